The molecule has 0 radical (unpaired) electrons. The number of nitrogens with zero attached hydrogens (tertiary/aromatic N) is 1. The first kappa shape index (κ1) is 11.8. The lowest BCUT2D eigenvalue weighted by Gasteiger charge is -2.13. The van der Waals surface area contributed by atoms with E-state index in [0.29, 0.717) is 23.6 Å². The molecule has 0 amide bonds. The van der Waals surface area contributed by atoms with Gasteiger partial charge in [-0.25, -0.2) is 4.39 Å². The van der Waals surface area contributed by atoms with Crippen molar-refractivity contribution in [2.75, 3.05) is 33.0 Å². The molecule has 1 aromatic carbocycles. The number of benzene rings is 1. The van der Waals surface area contributed by atoms with E-state index < -0.39 is 0 Å². The number of likely N-dealkylation sites (N-methyl/N-ethyl adjacent to an activating group) is 1. The van der Waals surface area contributed by atoms with E-state index in [1.807, 2.05) is 19.0 Å². The lowest BCUT2D eigenvalue weighted by Crippen LogP contribution is -2.19. The van der Waals surface area contributed by atoms with Crippen LogP contribution in [-0.4, -0.2) is 32.1 Å². The first-order valence-electron chi connectivity index (χ1n) is 4.84. The summed E-state index contributed by atoms with van der Waals surface area (Å²) in [5, 5.41) is 0. The van der Waals surface area contributed by atoms with Gasteiger partial charge in [0.2, 0.25) is 0 Å². The van der Waals surface area contributed by atoms with Gasteiger partial charge < -0.3 is 15.4 Å². The summed E-state index contributed by atoms with van der Waals surface area (Å²) in [7, 11) is 3.92. The molecule has 0 spiro atoms. The molecule has 0 unspecified atom stereocenters. The fourth-order valence-corrected chi connectivity index (χ4v) is 1.13. The lowest BCUT2D eigenvalue weighted by atomic mass is 10.2. The Morgan fingerprint density at radius 3 is 2.67 bits per heavy atom. The normalized spacial score (nSPS) is 10.7. The fraction of sp³-hybridized carbons (Fsp3) is 0.455. The third kappa shape index (κ3) is 3.40. The molecule has 0 aliphatic carbocycles. The van der Waals surface area contributed by atoms with Gasteiger partial charge in [-0.2, -0.15) is 0 Å². The predicted octanol–water partition coefficient (Wildman–Crippen LogP) is 1.66. The Morgan fingerprint density at radius 2 is 2.07 bits per heavy atom. The Labute approximate surface area is 89.6 Å². The van der Waals surface area contributed by atoms with Crippen molar-refractivity contribution in [3.8, 4) is 5.75 Å². The zero-order valence-electron chi connectivity index (χ0n) is 9.38. The van der Waals surface area contributed by atoms with Crippen LogP contribution in [-0.2, 0) is 0 Å². The lowest BCUT2D eigenvalue weighted by molar-refractivity contribution is 0.262. The van der Waals surface area contributed by atoms with Gasteiger partial charge in [-0.15, -0.1) is 0 Å². The van der Waals surface area contributed by atoms with E-state index in [1.54, 1.807) is 13.0 Å². The van der Waals surface area contributed by atoms with Gasteiger partial charge in [0, 0.05) is 12.6 Å². The highest BCUT2D eigenvalue weighted by Gasteiger charge is 2.05. The summed E-state index contributed by atoms with van der Waals surface area (Å²) in [6, 6.07) is 2.92. The predicted molar refractivity (Wildman–Crippen MR) is 59.6 cm³/mol. The maximum absolute atomic E-state index is 13.1. The van der Waals surface area contributed by atoms with Gasteiger partial charge in [0.15, 0.2) is 0 Å². The molecule has 2 N–H and O–H groups in total. The highest BCUT2D eigenvalue weighted by atomic mass is 19.1. The summed E-state index contributed by atoms with van der Waals surface area (Å²) in [5.41, 5.74) is 6.52. The number of ether oxygens (including phenoxy) is 1. The second kappa shape index (κ2) is 4.98. The van der Waals surface area contributed by atoms with E-state index >= 15 is 0 Å². The van der Waals surface area contributed by atoms with Crippen molar-refractivity contribution in [3.63, 3.8) is 0 Å². The Kier molecular flexibility index (Phi) is 3.91. The van der Waals surface area contributed by atoms with E-state index in [9.17, 15) is 4.39 Å². The Morgan fingerprint density at radius 1 is 1.40 bits per heavy atom. The van der Waals surface area contributed by atoms with E-state index in [2.05, 4.69) is 0 Å². The molecule has 1 aromatic rings. The van der Waals surface area contributed by atoms with Crippen LogP contribution in [0.3, 0.4) is 0 Å². The molecular weight excluding hydrogens is 195 g/mol. The van der Waals surface area contributed by atoms with E-state index in [1.165, 1.54) is 6.07 Å². The molecule has 0 saturated heterocycles. The molecule has 0 aliphatic rings. The van der Waals surface area contributed by atoms with Crippen molar-refractivity contribution >= 4 is 5.69 Å². The molecule has 0 fully saturated rings. The summed E-state index contributed by atoms with van der Waals surface area (Å²) in [6.45, 7) is 3.03. The van der Waals surface area contributed by atoms with Crippen molar-refractivity contribution in [2.24, 2.45) is 0 Å². The molecule has 0 bridgehead atoms. The molecule has 0 atom stereocenters. The van der Waals surface area contributed by atoms with Crippen molar-refractivity contribution in [2.45, 2.75) is 6.92 Å². The Balaban J connectivity index is 2.65. The van der Waals surface area contributed by atoms with E-state index in [0.717, 1.165) is 6.54 Å². The number of halogens is 1. The van der Waals surface area contributed by atoms with Crippen molar-refractivity contribution < 1.29 is 9.13 Å². The molecule has 0 aromatic heterocycles. The van der Waals surface area contributed by atoms with Gasteiger partial charge in [-0.1, -0.05) is 0 Å². The quantitative estimate of drug-likeness (QED) is 0.771. The first-order valence-corrected chi connectivity index (χ1v) is 4.84. The first-order chi connectivity index (χ1) is 7.00. The number of nitrogens with two attached hydrogens (primary N) is 1. The average Bonchev–Trinajstić information content (AvgIpc) is 2.13. The van der Waals surface area contributed by atoms with E-state index in [-0.39, 0.29) is 5.82 Å². The van der Waals surface area contributed by atoms with Crippen LogP contribution in [0, 0.1) is 12.7 Å². The maximum Gasteiger partial charge on any atom is 0.142 e. The third-order valence-corrected chi connectivity index (χ3v) is 2.09. The van der Waals surface area contributed by atoms with Crippen LogP contribution in [0.25, 0.3) is 0 Å². The number of nitrogen functional groups attached to an aromatic ring is 1. The number of aryl methyl sites for hydroxylation is 1. The van der Waals surface area contributed by atoms with E-state index in [4.69, 9.17) is 10.5 Å². The SMILES string of the molecule is Cc1cc(OCCN(C)C)c(N)cc1F. The summed E-state index contributed by atoms with van der Waals surface area (Å²) >= 11 is 0. The zero-order chi connectivity index (χ0) is 11.4. The fourth-order valence-electron chi connectivity index (χ4n) is 1.13. The summed E-state index contributed by atoms with van der Waals surface area (Å²) in [6.07, 6.45) is 0. The van der Waals surface area contributed by atoms with Crippen molar-refractivity contribution in [1.82, 2.24) is 4.90 Å². The largest absolute Gasteiger partial charge is 0.490 e. The standard InChI is InChI=1S/C11H17FN2O/c1-8-6-11(10(13)7-9(8)12)15-5-4-14(2)3/h6-7H,4-5,13H2,1-3H3. The van der Waals surface area contributed by atoms with Crippen LogP contribution in [0.5, 0.6) is 5.75 Å². The smallest absolute Gasteiger partial charge is 0.142 e. The molecular formula is C11H17FN2O. The van der Waals surface area contributed by atoms with Gasteiger partial charge >= 0.3 is 0 Å². The monoisotopic (exact) mass is 212 g/mol. The van der Waals surface area contributed by atoms with Gasteiger partial charge in [0.25, 0.3) is 0 Å². The van der Waals surface area contributed by atoms with Crippen LogP contribution >= 0.6 is 0 Å². The minimum atomic E-state index is -0.299. The highest BCUT2D eigenvalue weighted by molar-refractivity contribution is 5.54. The second-order valence-corrected chi connectivity index (χ2v) is 3.79. The molecule has 4 heteroatoms. The highest BCUT2D eigenvalue weighted by Crippen LogP contribution is 2.24. The van der Waals surface area contributed by atoms with Gasteiger partial charge in [-0.05, 0) is 32.6 Å². The van der Waals surface area contributed by atoms with Gasteiger partial charge in [0.1, 0.15) is 18.2 Å². The second-order valence-electron chi connectivity index (χ2n) is 3.79. The van der Waals surface area contributed by atoms with Crippen LogP contribution < -0.4 is 10.5 Å². The number of hydrogen-bond acceptors (Lipinski definition) is 3. The van der Waals surface area contributed by atoms with Crippen molar-refractivity contribution in [1.29, 1.82) is 0 Å². The molecule has 0 heterocycles. The van der Waals surface area contributed by atoms with Crippen LogP contribution in [0.4, 0.5) is 10.1 Å². The Bertz CT molecular complexity index is 340. The number of hydrogen-bond donors (Lipinski definition) is 1. The molecule has 1 rings (SSSR count). The minimum Gasteiger partial charge on any atom is -0.490 e. The number of anilines is 1. The van der Waals surface area contributed by atoms with Crippen LogP contribution in [0.1, 0.15) is 5.56 Å². The minimum absolute atomic E-state index is 0.299. The summed E-state index contributed by atoms with van der Waals surface area (Å²) < 4.78 is 18.5. The van der Waals surface area contributed by atoms with Crippen LogP contribution in [0.15, 0.2) is 12.1 Å². The third-order valence-electron chi connectivity index (χ3n) is 2.09. The topological polar surface area (TPSA) is 38.5 Å². The van der Waals surface area contributed by atoms with Crippen molar-refractivity contribution in [3.05, 3.63) is 23.5 Å². The molecule has 84 valence electrons. The molecule has 0 aliphatic heterocycles. The van der Waals surface area contributed by atoms with Gasteiger partial charge in [0.05, 0.1) is 5.69 Å². The summed E-state index contributed by atoms with van der Waals surface area (Å²) in [4.78, 5) is 2.01. The molecule has 0 saturated carbocycles. The molecule has 15 heavy (non-hydrogen) atoms. The van der Waals surface area contributed by atoms with Gasteiger partial charge in [-0.3, -0.25) is 0 Å². The van der Waals surface area contributed by atoms with Crippen LogP contribution in [0.2, 0.25) is 0 Å². The number of rotatable bonds is 4. The maximum atomic E-state index is 13.1. The Hall–Kier alpha value is -1.29. The molecule has 3 nitrogen and oxygen atoms in total. The average molecular weight is 212 g/mol. The summed E-state index contributed by atoms with van der Waals surface area (Å²) in [5.74, 6) is 0.253. The zero-order valence-corrected chi connectivity index (χ0v) is 9.38.